The maximum absolute atomic E-state index is 12.3. The molecule has 0 saturated carbocycles. The average molecular weight is 360 g/mol. The second kappa shape index (κ2) is 7.14. The van der Waals surface area contributed by atoms with Crippen LogP contribution in [-0.2, 0) is 0 Å². The zero-order valence-corrected chi connectivity index (χ0v) is 15.3. The molecule has 9 heteroatoms. The van der Waals surface area contributed by atoms with Gasteiger partial charge in [0.25, 0.3) is 11.8 Å². The minimum Gasteiger partial charge on any atom is -0.355 e. The number of carbonyl (C=O) groups is 2. The Morgan fingerprint density at radius 3 is 2.52 bits per heavy atom. The van der Waals surface area contributed by atoms with Crippen molar-refractivity contribution < 1.29 is 9.59 Å². The lowest BCUT2D eigenvalue weighted by Crippen LogP contribution is -2.21. The molecule has 3 rings (SSSR count). The second-order valence-electron chi connectivity index (χ2n) is 6.06. The smallest absolute Gasteiger partial charge is 0.277 e. The molecule has 0 atom stereocenters. The second-order valence-corrected chi connectivity index (χ2v) is 7.06. The van der Waals surface area contributed by atoms with E-state index in [1.807, 2.05) is 0 Å². The summed E-state index contributed by atoms with van der Waals surface area (Å²) in [6, 6.07) is 3.46. The lowest BCUT2D eigenvalue weighted by atomic mass is 10.3. The normalized spacial score (nSPS) is 13.8. The third-order valence-electron chi connectivity index (χ3n) is 3.93. The number of carbonyl (C=O) groups excluding carboxylic acids is 2. The molecule has 1 saturated heterocycles. The van der Waals surface area contributed by atoms with Gasteiger partial charge in [-0.05, 0) is 31.9 Å². The average Bonchev–Trinajstić information content (AvgIpc) is 3.24. The van der Waals surface area contributed by atoms with Crippen LogP contribution in [0.2, 0.25) is 0 Å². The first-order valence-corrected chi connectivity index (χ1v) is 8.86. The predicted octanol–water partition coefficient (Wildman–Crippen LogP) is 1.80. The molecule has 0 spiro atoms. The zero-order valence-electron chi connectivity index (χ0n) is 14.4. The van der Waals surface area contributed by atoms with E-state index in [0.717, 1.165) is 43.1 Å². The Morgan fingerprint density at radius 2 is 1.92 bits per heavy atom. The van der Waals surface area contributed by atoms with Crippen molar-refractivity contribution >= 4 is 34.1 Å². The molecular weight excluding hydrogens is 340 g/mol. The number of hydrogen-bond donors (Lipinski definition) is 1. The van der Waals surface area contributed by atoms with Gasteiger partial charge in [0, 0.05) is 27.2 Å². The van der Waals surface area contributed by atoms with Crippen LogP contribution >= 0.6 is 11.3 Å². The first-order valence-electron chi connectivity index (χ1n) is 8.05. The monoisotopic (exact) mass is 360 g/mol. The standard InChI is InChI=1S/C16H20N6O2S/c1-10-13(15(24)21(2)3)25-16(17-10)18-14(23)11-6-7-12(20-19-11)22-8-4-5-9-22/h6-7H,4-5,8-9H2,1-3H3,(H,17,18,23). The number of aromatic nitrogens is 3. The summed E-state index contributed by atoms with van der Waals surface area (Å²) in [6.45, 7) is 3.69. The van der Waals surface area contributed by atoms with Crippen molar-refractivity contribution in [3.8, 4) is 0 Å². The molecule has 1 N–H and O–H groups in total. The fourth-order valence-corrected chi connectivity index (χ4v) is 3.56. The Labute approximate surface area is 149 Å². The van der Waals surface area contributed by atoms with E-state index in [-0.39, 0.29) is 11.6 Å². The molecule has 2 aromatic rings. The molecule has 2 aromatic heterocycles. The largest absolute Gasteiger partial charge is 0.355 e. The number of nitrogens with zero attached hydrogens (tertiary/aromatic N) is 5. The predicted molar refractivity (Wildman–Crippen MR) is 96.3 cm³/mol. The minimum absolute atomic E-state index is 0.134. The number of hydrogen-bond acceptors (Lipinski definition) is 7. The van der Waals surface area contributed by atoms with Crippen molar-refractivity contribution in [1.82, 2.24) is 20.1 Å². The van der Waals surface area contributed by atoms with Gasteiger partial charge in [-0.1, -0.05) is 11.3 Å². The van der Waals surface area contributed by atoms with Gasteiger partial charge in [0.1, 0.15) is 4.88 Å². The number of rotatable bonds is 4. The highest BCUT2D eigenvalue weighted by molar-refractivity contribution is 7.17. The molecule has 0 aliphatic carbocycles. The first-order chi connectivity index (χ1) is 12.0. The molecule has 0 aromatic carbocycles. The first kappa shape index (κ1) is 17.3. The molecule has 1 aliphatic rings. The number of anilines is 2. The van der Waals surface area contributed by atoms with Crippen molar-refractivity contribution in [2.75, 3.05) is 37.4 Å². The number of nitrogens with one attached hydrogen (secondary N) is 1. The summed E-state index contributed by atoms with van der Waals surface area (Å²) in [5.74, 6) is 0.265. The van der Waals surface area contributed by atoms with Gasteiger partial charge < -0.3 is 9.80 Å². The van der Waals surface area contributed by atoms with Crippen LogP contribution in [-0.4, -0.2) is 59.1 Å². The van der Waals surface area contributed by atoms with Crippen molar-refractivity contribution in [3.63, 3.8) is 0 Å². The van der Waals surface area contributed by atoms with E-state index in [1.54, 1.807) is 33.2 Å². The van der Waals surface area contributed by atoms with E-state index in [1.165, 1.54) is 4.90 Å². The van der Waals surface area contributed by atoms with E-state index >= 15 is 0 Å². The highest BCUT2D eigenvalue weighted by atomic mass is 32.1. The summed E-state index contributed by atoms with van der Waals surface area (Å²) in [6.07, 6.45) is 2.31. The van der Waals surface area contributed by atoms with E-state index in [4.69, 9.17) is 0 Å². The van der Waals surface area contributed by atoms with Gasteiger partial charge in [-0.3, -0.25) is 14.9 Å². The zero-order chi connectivity index (χ0) is 18.0. The van der Waals surface area contributed by atoms with Crippen LogP contribution in [0.5, 0.6) is 0 Å². The quantitative estimate of drug-likeness (QED) is 0.894. The van der Waals surface area contributed by atoms with Gasteiger partial charge >= 0.3 is 0 Å². The molecule has 3 heterocycles. The number of thiazole rings is 1. The van der Waals surface area contributed by atoms with Gasteiger partial charge in [-0.25, -0.2) is 4.98 Å². The Kier molecular flexibility index (Phi) is 4.93. The van der Waals surface area contributed by atoms with Crippen molar-refractivity contribution in [2.24, 2.45) is 0 Å². The van der Waals surface area contributed by atoms with E-state index < -0.39 is 5.91 Å². The van der Waals surface area contributed by atoms with E-state index in [9.17, 15) is 9.59 Å². The van der Waals surface area contributed by atoms with Gasteiger partial charge in [0.05, 0.1) is 5.69 Å². The molecule has 0 bridgehead atoms. The van der Waals surface area contributed by atoms with Gasteiger partial charge in [0.15, 0.2) is 16.6 Å². The van der Waals surface area contributed by atoms with Gasteiger partial charge in [0.2, 0.25) is 0 Å². The van der Waals surface area contributed by atoms with Crippen molar-refractivity contribution in [2.45, 2.75) is 19.8 Å². The molecule has 8 nitrogen and oxygen atoms in total. The van der Waals surface area contributed by atoms with Crippen LogP contribution < -0.4 is 10.2 Å². The molecule has 0 radical (unpaired) electrons. The van der Waals surface area contributed by atoms with Crippen LogP contribution in [0.1, 0.15) is 38.7 Å². The van der Waals surface area contributed by atoms with E-state index in [0.29, 0.717) is 15.7 Å². The maximum atomic E-state index is 12.3. The number of amides is 2. The highest BCUT2D eigenvalue weighted by Gasteiger charge is 2.19. The topological polar surface area (TPSA) is 91.3 Å². The molecule has 0 unspecified atom stereocenters. The summed E-state index contributed by atoms with van der Waals surface area (Å²) >= 11 is 1.15. The lowest BCUT2D eigenvalue weighted by molar-refractivity contribution is 0.0831. The highest BCUT2D eigenvalue weighted by Crippen LogP contribution is 2.24. The number of aryl methyl sites for hydroxylation is 1. The lowest BCUT2D eigenvalue weighted by Gasteiger charge is -2.15. The molecule has 25 heavy (non-hydrogen) atoms. The molecular formula is C16H20N6O2S. The van der Waals surface area contributed by atoms with Crippen LogP contribution in [0.25, 0.3) is 0 Å². The van der Waals surface area contributed by atoms with Crippen LogP contribution in [0.3, 0.4) is 0 Å². The summed E-state index contributed by atoms with van der Waals surface area (Å²) in [7, 11) is 3.36. The van der Waals surface area contributed by atoms with Crippen LogP contribution in [0.15, 0.2) is 12.1 Å². The van der Waals surface area contributed by atoms with Gasteiger partial charge in [-0.2, -0.15) is 0 Å². The summed E-state index contributed by atoms with van der Waals surface area (Å²) < 4.78 is 0. The van der Waals surface area contributed by atoms with Gasteiger partial charge in [-0.15, -0.1) is 10.2 Å². The molecule has 1 aliphatic heterocycles. The fraction of sp³-hybridized carbons (Fsp3) is 0.438. The Morgan fingerprint density at radius 1 is 1.20 bits per heavy atom. The fourth-order valence-electron chi connectivity index (χ4n) is 2.57. The maximum Gasteiger partial charge on any atom is 0.277 e. The summed E-state index contributed by atoms with van der Waals surface area (Å²) in [5.41, 5.74) is 0.811. The third-order valence-corrected chi connectivity index (χ3v) is 4.99. The molecule has 1 fully saturated rings. The minimum atomic E-state index is -0.391. The SMILES string of the molecule is Cc1nc(NC(=O)c2ccc(N3CCCC3)nn2)sc1C(=O)N(C)C. The molecule has 2 amide bonds. The van der Waals surface area contributed by atoms with Crippen LogP contribution in [0.4, 0.5) is 10.9 Å². The molecule has 132 valence electrons. The van der Waals surface area contributed by atoms with E-state index in [2.05, 4.69) is 25.4 Å². The third kappa shape index (κ3) is 3.76. The summed E-state index contributed by atoms with van der Waals surface area (Å²) in [4.78, 5) is 32.8. The Bertz CT molecular complexity index is 780. The van der Waals surface area contributed by atoms with Crippen LogP contribution in [0, 0.1) is 6.92 Å². The van der Waals surface area contributed by atoms with Crippen molar-refractivity contribution in [3.05, 3.63) is 28.4 Å². The Balaban J connectivity index is 1.70. The summed E-state index contributed by atoms with van der Waals surface area (Å²) in [5, 5.41) is 11.2. The Hall–Kier alpha value is -2.55. The van der Waals surface area contributed by atoms with Crippen molar-refractivity contribution in [1.29, 1.82) is 0 Å².